The molecule has 0 atom stereocenters. The van der Waals surface area contributed by atoms with Crippen molar-refractivity contribution in [2.24, 2.45) is 0 Å². The minimum Gasteiger partial charge on any atom is -0.378 e. The lowest BCUT2D eigenvalue weighted by atomic mass is 10.2. The van der Waals surface area contributed by atoms with Crippen LogP contribution in [0.15, 0.2) is 16.6 Å². The summed E-state index contributed by atoms with van der Waals surface area (Å²) in [6.45, 7) is 2.06. The third-order valence-electron chi connectivity index (χ3n) is 2.31. The number of rotatable bonds is 1. The molecular weight excluding hydrogens is 268 g/mol. The molecule has 0 amide bonds. The number of benzene rings is 1. The predicted molar refractivity (Wildman–Crippen MR) is 57.1 cm³/mol. The molecule has 0 N–H and O–H groups in total. The molecule has 1 aliphatic heterocycles. The average molecular weight is 278 g/mol. The molecular formula is C10H10BrF2NO. The number of nitrogens with zero attached hydrogens (tertiary/aromatic N) is 1. The van der Waals surface area contributed by atoms with E-state index >= 15 is 0 Å². The predicted octanol–water partition coefficient (Wildman–Crippen LogP) is 2.56. The van der Waals surface area contributed by atoms with E-state index in [1.165, 1.54) is 12.1 Å². The SMILES string of the molecule is Fc1cc(Br)cc(F)c1N1CCOCC1. The Morgan fingerprint density at radius 3 is 2.20 bits per heavy atom. The summed E-state index contributed by atoms with van der Waals surface area (Å²) in [5.74, 6) is -1.08. The highest BCUT2D eigenvalue weighted by molar-refractivity contribution is 9.10. The largest absolute Gasteiger partial charge is 0.378 e. The maximum Gasteiger partial charge on any atom is 0.150 e. The number of ether oxygens (including phenoxy) is 1. The second-order valence-electron chi connectivity index (χ2n) is 3.32. The Morgan fingerprint density at radius 2 is 1.67 bits per heavy atom. The summed E-state index contributed by atoms with van der Waals surface area (Å²) in [6.07, 6.45) is 0. The summed E-state index contributed by atoms with van der Waals surface area (Å²) in [5.41, 5.74) is 0.0431. The molecule has 15 heavy (non-hydrogen) atoms. The van der Waals surface area contributed by atoms with Crippen molar-refractivity contribution < 1.29 is 13.5 Å². The summed E-state index contributed by atoms with van der Waals surface area (Å²) < 4.78 is 32.6. The fourth-order valence-electron chi connectivity index (χ4n) is 1.62. The second kappa shape index (κ2) is 4.45. The first kappa shape index (κ1) is 10.8. The normalized spacial score (nSPS) is 16.9. The van der Waals surface area contributed by atoms with Gasteiger partial charge >= 0.3 is 0 Å². The molecule has 0 bridgehead atoms. The molecule has 0 unspecified atom stereocenters. The molecule has 1 aromatic rings. The Morgan fingerprint density at radius 1 is 1.13 bits per heavy atom. The van der Waals surface area contributed by atoms with Gasteiger partial charge in [-0.3, -0.25) is 0 Å². The Hall–Kier alpha value is -0.680. The van der Waals surface area contributed by atoms with Gasteiger partial charge in [0.2, 0.25) is 0 Å². The van der Waals surface area contributed by atoms with Gasteiger partial charge in [-0.25, -0.2) is 8.78 Å². The topological polar surface area (TPSA) is 12.5 Å². The van der Waals surface area contributed by atoms with E-state index < -0.39 is 11.6 Å². The third-order valence-corrected chi connectivity index (χ3v) is 2.77. The first-order valence-electron chi connectivity index (χ1n) is 4.66. The highest BCUT2D eigenvalue weighted by atomic mass is 79.9. The van der Waals surface area contributed by atoms with E-state index in [2.05, 4.69) is 15.9 Å². The van der Waals surface area contributed by atoms with E-state index in [0.717, 1.165) is 0 Å². The molecule has 2 nitrogen and oxygen atoms in total. The van der Waals surface area contributed by atoms with Crippen LogP contribution in [0.2, 0.25) is 0 Å². The Labute approximate surface area is 95.0 Å². The van der Waals surface area contributed by atoms with Crippen LogP contribution in [0.4, 0.5) is 14.5 Å². The molecule has 0 aliphatic carbocycles. The van der Waals surface area contributed by atoms with Gasteiger partial charge in [-0.2, -0.15) is 0 Å². The summed E-state index contributed by atoms with van der Waals surface area (Å²) in [6, 6.07) is 2.54. The van der Waals surface area contributed by atoms with Crippen molar-refractivity contribution >= 4 is 21.6 Å². The van der Waals surface area contributed by atoms with Gasteiger partial charge in [0.1, 0.15) is 5.69 Å². The van der Waals surface area contributed by atoms with Crippen molar-refractivity contribution in [2.45, 2.75) is 0 Å². The zero-order valence-electron chi connectivity index (χ0n) is 7.97. The first-order valence-corrected chi connectivity index (χ1v) is 5.45. The number of halogens is 3. The van der Waals surface area contributed by atoms with Crippen molar-refractivity contribution in [3.8, 4) is 0 Å². The van der Waals surface area contributed by atoms with Gasteiger partial charge in [-0.15, -0.1) is 0 Å². The highest BCUT2D eigenvalue weighted by Crippen LogP contribution is 2.27. The smallest absolute Gasteiger partial charge is 0.150 e. The van der Waals surface area contributed by atoms with Gasteiger partial charge in [0, 0.05) is 17.6 Å². The van der Waals surface area contributed by atoms with Crippen LogP contribution in [0.25, 0.3) is 0 Å². The van der Waals surface area contributed by atoms with Crippen LogP contribution in [0, 0.1) is 11.6 Å². The van der Waals surface area contributed by atoms with Crippen LogP contribution in [-0.4, -0.2) is 26.3 Å². The summed E-state index contributed by atoms with van der Waals surface area (Å²) in [7, 11) is 0. The lowest BCUT2D eigenvalue weighted by Crippen LogP contribution is -2.37. The molecule has 2 rings (SSSR count). The van der Waals surface area contributed by atoms with Gasteiger partial charge in [0.25, 0.3) is 0 Å². The van der Waals surface area contributed by atoms with Gasteiger partial charge in [0.05, 0.1) is 13.2 Å². The first-order chi connectivity index (χ1) is 7.18. The van der Waals surface area contributed by atoms with Crippen LogP contribution < -0.4 is 4.90 Å². The summed E-state index contributed by atoms with van der Waals surface area (Å²) in [5, 5.41) is 0. The van der Waals surface area contributed by atoms with Crippen molar-refractivity contribution in [2.75, 3.05) is 31.2 Å². The number of hydrogen-bond donors (Lipinski definition) is 0. The van der Waals surface area contributed by atoms with E-state index in [0.29, 0.717) is 30.8 Å². The van der Waals surface area contributed by atoms with E-state index in [-0.39, 0.29) is 5.69 Å². The molecule has 1 saturated heterocycles. The van der Waals surface area contributed by atoms with Gasteiger partial charge in [0.15, 0.2) is 11.6 Å². The fraction of sp³-hybridized carbons (Fsp3) is 0.400. The molecule has 1 aromatic carbocycles. The molecule has 1 aliphatic rings. The molecule has 1 heterocycles. The van der Waals surface area contributed by atoms with E-state index in [9.17, 15) is 8.78 Å². The van der Waals surface area contributed by atoms with Crippen molar-refractivity contribution in [3.63, 3.8) is 0 Å². The number of anilines is 1. The standard InChI is InChI=1S/C10H10BrF2NO/c11-7-5-8(12)10(9(13)6-7)14-1-3-15-4-2-14/h5-6H,1-4H2. The third kappa shape index (κ3) is 2.29. The number of morpholine rings is 1. The molecule has 1 fully saturated rings. The van der Waals surface area contributed by atoms with E-state index in [1.807, 2.05) is 0 Å². The second-order valence-corrected chi connectivity index (χ2v) is 4.23. The average Bonchev–Trinajstić information content (AvgIpc) is 2.17. The molecule has 82 valence electrons. The summed E-state index contributed by atoms with van der Waals surface area (Å²) in [4.78, 5) is 1.67. The Balaban J connectivity index is 2.33. The van der Waals surface area contributed by atoms with Gasteiger partial charge in [-0.05, 0) is 12.1 Å². The van der Waals surface area contributed by atoms with Crippen LogP contribution in [-0.2, 0) is 4.74 Å². The van der Waals surface area contributed by atoms with Crippen molar-refractivity contribution in [3.05, 3.63) is 28.2 Å². The van der Waals surface area contributed by atoms with Gasteiger partial charge in [-0.1, -0.05) is 15.9 Å². The maximum absolute atomic E-state index is 13.5. The Kier molecular flexibility index (Phi) is 3.21. The quantitative estimate of drug-likeness (QED) is 0.782. The molecule has 0 spiro atoms. The minimum atomic E-state index is -0.538. The lowest BCUT2D eigenvalue weighted by Gasteiger charge is -2.29. The van der Waals surface area contributed by atoms with Crippen molar-refractivity contribution in [1.82, 2.24) is 0 Å². The minimum absolute atomic E-state index is 0.0431. The van der Waals surface area contributed by atoms with Crippen LogP contribution in [0.1, 0.15) is 0 Å². The van der Waals surface area contributed by atoms with Crippen LogP contribution in [0.5, 0.6) is 0 Å². The molecule has 0 aromatic heterocycles. The number of hydrogen-bond acceptors (Lipinski definition) is 2. The monoisotopic (exact) mass is 277 g/mol. The van der Waals surface area contributed by atoms with Crippen molar-refractivity contribution in [1.29, 1.82) is 0 Å². The maximum atomic E-state index is 13.5. The lowest BCUT2D eigenvalue weighted by molar-refractivity contribution is 0.122. The molecule has 5 heteroatoms. The summed E-state index contributed by atoms with van der Waals surface area (Å²) >= 11 is 3.05. The highest BCUT2D eigenvalue weighted by Gasteiger charge is 2.19. The van der Waals surface area contributed by atoms with Gasteiger partial charge < -0.3 is 9.64 Å². The molecule has 0 saturated carbocycles. The molecule has 0 radical (unpaired) electrons. The van der Waals surface area contributed by atoms with E-state index in [4.69, 9.17) is 4.74 Å². The fourth-order valence-corrected chi connectivity index (χ4v) is 2.03. The van der Waals surface area contributed by atoms with Crippen LogP contribution >= 0.6 is 15.9 Å². The zero-order valence-corrected chi connectivity index (χ0v) is 9.56. The van der Waals surface area contributed by atoms with E-state index in [1.54, 1.807) is 4.90 Å². The Bertz CT molecular complexity index is 343. The zero-order chi connectivity index (χ0) is 10.8. The van der Waals surface area contributed by atoms with Crippen LogP contribution in [0.3, 0.4) is 0 Å².